The van der Waals surface area contributed by atoms with Crippen LogP contribution in [0, 0.1) is 0 Å². The molecule has 0 bridgehead atoms. The first-order valence-corrected chi connectivity index (χ1v) is 5.01. The molecule has 0 rings (SSSR count). The third-order valence-corrected chi connectivity index (χ3v) is 1.75. The summed E-state index contributed by atoms with van der Waals surface area (Å²) in [5.74, 6) is 0.108. The molecule has 4 N–H and O–H groups in total. The van der Waals surface area contributed by atoms with Gasteiger partial charge in [0, 0.05) is 19.6 Å². The summed E-state index contributed by atoms with van der Waals surface area (Å²) in [5, 5.41) is 13.8. The van der Waals surface area contributed by atoms with Crippen molar-refractivity contribution in [3.05, 3.63) is 0 Å². The lowest BCUT2D eigenvalue weighted by Crippen LogP contribution is -2.28. The van der Waals surface area contributed by atoms with Gasteiger partial charge in [0.1, 0.15) is 12.4 Å². The molecule has 6 heteroatoms. The molecule has 0 aliphatic heterocycles. The van der Waals surface area contributed by atoms with Crippen LogP contribution in [0.1, 0.15) is 26.2 Å². The predicted octanol–water partition coefficient (Wildman–Crippen LogP) is 0.0558. The molecule has 0 unspecified atom stereocenters. The van der Waals surface area contributed by atoms with Gasteiger partial charge in [-0.1, -0.05) is 5.16 Å². The minimum atomic E-state index is -0.111. The summed E-state index contributed by atoms with van der Waals surface area (Å²) in [7, 11) is 0. The number of amides is 1. The van der Waals surface area contributed by atoms with Gasteiger partial charge in [-0.25, -0.2) is 0 Å². The van der Waals surface area contributed by atoms with Crippen LogP contribution in [0.5, 0.6) is 0 Å². The molecule has 0 spiro atoms. The van der Waals surface area contributed by atoms with E-state index in [1.54, 1.807) is 0 Å². The fraction of sp³-hybridized carbons (Fsp3) is 0.778. The van der Waals surface area contributed by atoms with Gasteiger partial charge >= 0.3 is 0 Å². The molecule has 0 aliphatic carbocycles. The summed E-state index contributed by atoms with van der Waals surface area (Å²) in [5.41, 5.74) is 5.27. The summed E-state index contributed by atoms with van der Waals surface area (Å²) < 4.78 is 4.92. The van der Waals surface area contributed by atoms with Crippen LogP contribution >= 0.6 is 0 Å². The number of nitrogens with one attached hydrogen (secondary N) is 1. The zero-order chi connectivity index (χ0) is 11.5. The van der Waals surface area contributed by atoms with Crippen LogP contribution in [0.25, 0.3) is 0 Å². The number of hydrogen-bond acceptors (Lipinski definition) is 4. The first kappa shape index (κ1) is 13.7. The molecule has 0 heterocycles. The van der Waals surface area contributed by atoms with E-state index >= 15 is 0 Å². The second-order valence-electron chi connectivity index (χ2n) is 3.04. The van der Waals surface area contributed by atoms with E-state index in [4.69, 9.17) is 15.7 Å². The average molecular weight is 217 g/mol. The third kappa shape index (κ3) is 9.01. The van der Waals surface area contributed by atoms with Crippen LogP contribution in [-0.4, -0.2) is 36.7 Å². The van der Waals surface area contributed by atoms with Gasteiger partial charge in [-0.15, -0.1) is 0 Å². The monoisotopic (exact) mass is 217 g/mol. The summed E-state index contributed by atoms with van der Waals surface area (Å²) in [6.07, 6.45) is 2.12. The number of carbonyl (C=O) groups is 1. The molecule has 6 nitrogen and oxygen atoms in total. The zero-order valence-electron chi connectivity index (χ0n) is 9.03. The largest absolute Gasteiger partial charge is 0.409 e. The van der Waals surface area contributed by atoms with Gasteiger partial charge in [0.15, 0.2) is 0 Å². The molecule has 88 valence electrons. The van der Waals surface area contributed by atoms with E-state index < -0.39 is 0 Å². The summed E-state index contributed by atoms with van der Waals surface area (Å²) in [6, 6.07) is 0. The number of unbranched alkanes of at least 4 members (excludes halogenated alkanes) is 1. The Morgan fingerprint density at radius 2 is 2.27 bits per heavy atom. The topological polar surface area (TPSA) is 96.9 Å². The van der Waals surface area contributed by atoms with Gasteiger partial charge in [-0.2, -0.15) is 0 Å². The lowest BCUT2D eigenvalue weighted by atomic mass is 10.2. The van der Waals surface area contributed by atoms with Crippen molar-refractivity contribution in [1.29, 1.82) is 0 Å². The van der Waals surface area contributed by atoms with Gasteiger partial charge in [0.05, 0.1) is 0 Å². The molecule has 0 fully saturated rings. The van der Waals surface area contributed by atoms with E-state index in [-0.39, 0.29) is 18.3 Å². The van der Waals surface area contributed by atoms with E-state index in [0.717, 1.165) is 12.8 Å². The smallest absolute Gasteiger partial charge is 0.245 e. The number of ether oxygens (including phenoxy) is 1. The van der Waals surface area contributed by atoms with Crippen molar-refractivity contribution in [1.82, 2.24) is 5.32 Å². The van der Waals surface area contributed by atoms with Crippen molar-refractivity contribution in [3.63, 3.8) is 0 Å². The van der Waals surface area contributed by atoms with Gasteiger partial charge in [0.25, 0.3) is 0 Å². The van der Waals surface area contributed by atoms with Crippen molar-refractivity contribution in [2.75, 3.05) is 19.8 Å². The average Bonchev–Trinajstić information content (AvgIpc) is 2.25. The van der Waals surface area contributed by atoms with E-state index in [9.17, 15) is 4.79 Å². The lowest BCUT2D eigenvalue weighted by molar-refractivity contribution is -0.125. The molecule has 0 saturated heterocycles. The van der Waals surface area contributed by atoms with E-state index in [1.165, 1.54) is 0 Å². The Balaban J connectivity index is 3.27. The Hall–Kier alpha value is -1.30. The summed E-state index contributed by atoms with van der Waals surface area (Å²) in [4.78, 5) is 11.0. The van der Waals surface area contributed by atoms with Crippen LogP contribution in [-0.2, 0) is 9.53 Å². The Morgan fingerprint density at radius 1 is 1.53 bits per heavy atom. The molecule has 0 saturated carbocycles. The van der Waals surface area contributed by atoms with Crippen molar-refractivity contribution in [2.24, 2.45) is 10.9 Å². The first-order valence-electron chi connectivity index (χ1n) is 5.01. The molecule has 0 radical (unpaired) electrons. The molecule has 0 aromatic rings. The number of nitrogens with two attached hydrogens (primary N) is 1. The highest BCUT2D eigenvalue weighted by Gasteiger charge is 1.99. The Labute approximate surface area is 89.5 Å². The van der Waals surface area contributed by atoms with Crippen molar-refractivity contribution in [2.45, 2.75) is 26.2 Å². The van der Waals surface area contributed by atoms with Crippen molar-refractivity contribution in [3.8, 4) is 0 Å². The van der Waals surface area contributed by atoms with E-state index in [0.29, 0.717) is 19.6 Å². The van der Waals surface area contributed by atoms with Crippen molar-refractivity contribution < 1.29 is 14.7 Å². The van der Waals surface area contributed by atoms with Gasteiger partial charge < -0.3 is 21.0 Å². The number of nitrogens with zero attached hydrogens (tertiary/aromatic N) is 1. The van der Waals surface area contributed by atoms with Crippen molar-refractivity contribution >= 4 is 11.7 Å². The molecule has 0 atom stereocenters. The van der Waals surface area contributed by atoms with E-state index in [2.05, 4.69) is 10.5 Å². The van der Waals surface area contributed by atoms with Crippen LogP contribution < -0.4 is 11.1 Å². The van der Waals surface area contributed by atoms with Gasteiger partial charge in [-0.05, 0) is 19.8 Å². The number of amidine groups is 1. The van der Waals surface area contributed by atoms with Crippen LogP contribution in [0.4, 0.5) is 0 Å². The highest BCUT2D eigenvalue weighted by Crippen LogP contribution is 1.93. The highest BCUT2D eigenvalue weighted by molar-refractivity contribution is 5.79. The number of oxime groups is 1. The molecular formula is C9H19N3O3. The Kier molecular flexibility index (Phi) is 8.46. The van der Waals surface area contributed by atoms with Gasteiger partial charge in [-0.3, -0.25) is 4.79 Å². The maximum Gasteiger partial charge on any atom is 0.245 e. The first-order chi connectivity index (χ1) is 7.20. The molecule has 0 aliphatic rings. The third-order valence-electron chi connectivity index (χ3n) is 1.75. The number of hydrogen-bond donors (Lipinski definition) is 3. The molecule has 15 heavy (non-hydrogen) atoms. The molecule has 0 aromatic carbocycles. The Bertz CT molecular complexity index is 207. The minimum Gasteiger partial charge on any atom is -0.409 e. The summed E-state index contributed by atoms with van der Waals surface area (Å²) >= 11 is 0. The zero-order valence-corrected chi connectivity index (χ0v) is 9.03. The standard InChI is InChI=1S/C9H19N3O3/c1-2-15-7-9(13)11-6-4-3-5-8(10)12-14/h14H,2-7H2,1H3,(H2,10,12)(H,11,13). The van der Waals surface area contributed by atoms with Crippen LogP contribution in [0.3, 0.4) is 0 Å². The second-order valence-corrected chi connectivity index (χ2v) is 3.04. The molecule has 0 aromatic heterocycles. The maximum absolute atomic E-state index is 11.0. The fourth-order valence-corrected chi connectivity index (χ4v) is 0.955. The predicted molar refractivity (Wildman–Crippen MR) is 56.8 cm³/mol. The van der Waals surface area contributed by atoms with Crippen LogP contribution in [0.15, 0.2) is 5.16 Å². The fourth-order valence-electron chi connectivity index (χ4n) is 0.955. The molecule has 1 amide bonds. The number of rotatable bonds is 8. The van der Waals surface area contributed by atoms with Gasteiger partial charge in [0.2, 0.25) is 5.91 Å². The lowest BCUT2D eigenvalue weighted by Gasteiger charge is -2.04. The summed E-state index contributed by atoms with van der Waals surface area (Å²) in [6.45, 7) is 3.07. The maximum atomic E-state index is 11.0. The van der Waals surface area contributed by atoms with Crippen LogP contribution in [0.2, 0.25) is 0 Å². The number of carbonyl (C=O) groups excluding carboxylic acids is 1. The quantitative estimate of drug-likeness (QED) is 0.176. The highest BCUT2D eigenvalue weighted by atomic mass is 16.5. The molecular weight excluding hydrogens is 198 g/mol. The minimum absolute atomic E-state index is 0.108. The second kappa shape index (κ2) is 9.26. The SMILES string of the molecule is CCOCC(=O)NCCCCC(N)=NO. The Morgan fingerprint density at radius 3 is 2.87 bits per heavy atom. The van der Waals surface area contributed by atoms with E-state index in [1.807, 2.05) is 6.92 Å². The normalized spacial score (nSPS) is 11.4.